The highest BCUT2D eigenvalue weighted by Crippen LogP contribution is 2.07. The Kier molecular flexibility index (Phi) is 5.51. The Morgan fingerprint density at radius 3 is 2.50 bits per heavy atom. The number of nitrogens with one attached hydrogen (secondary N) is 1. The van der Waals surface area contributed by atoms with Gasteiger partial charge in [-0.1, -0.05) is 13.8 Å². The van der Waals surface area contributed by atoms with Crippen LogP contribution in [0.4, 0.5) is 0 Å². The van der Waals surface area contributed by atoms with E-state index >= 15 is 0 Å². The quantitative estimate of drug-likeness (QED) is 0.756. The minimum Gasteiger partial charge on any atom is -0.480 e. The first-order chi connectivity index (χ1) is 8.52. The Morgan fingerprint density at radius 1 is 1.44 bits per heavy atom. The molecule has 0 fully saturated rings. The van der Waals surface area contributed by atoms with Gasteiger partial charge < -0.3 is 15.2 Å². The topological polar surface area (TPSA) is 84.3 Å². The molecule has 2 N–H and O–H groups in total. The van der Waals surface area contributed by atoms with E-state index in [0.29, 0.717) is 24.9 Å². The van der Waals surface area contributed by atoms with Crippen molar-refractivity contribution < 1.29 is 14.6 Å². The Hall–Kier alpha value is -1.69. The zero-order chi connectivity index (χ0) is 13.5. The molecule has 0 saturated heterocycles. The van der Waals surface area contributed by atoms with Gasteiger partial charge in [-0.25, -0.2) is 9.97 Å². The lowest BCUT2D eigenvalue weighted by molar-refractivity contribution is -0.140. The number of carbonyl (C=O) groups is 1. The van der Waals surface area contributed by atoms with Gasteiger partial charge in [0.2, 0.25) is 0 Å². The maximum absolute atomic E-state index is 11.0. The third-order valence-electron chi connectivity index (χ3n) is 2.42. The molecule has 0 amide bonds. The molecule has 0 spiro atoms. The van der Waals surface area contributed by atoms with E-state index in [1.165, 1.54) is 7.11 Å². The highest BCUT2D eigenvalue weighted by molar-refractivity contribution is 5.73. The molecule has 1 unspecified atom stereocenters. The number of carboxylic acid groups (broad SMARTS) is 1. The van der Waals surface area contributed by atoms with E-state index in [9.17, 15) is 4.79 Å². The summed E-state index contributed by atoms with van der Waals surface area (Å²) in [6.07, 6.45) is 3.83. The zero-order valence-corrected chi connectivity index (χ0v) is 10.9. The first-order valence-corrected chi connectivity index (χ1v) is 5.84. The van der Waals surface area contributed by atoms with Crippen molar-refractivity contribution in [3.63, 3.8) is 0 Å². The summed E-state index contributed by atoms with van der Waals surface area (Å²) in [4.78, 5) is 19.0. The largest absolute Gasteiger partial charge is 0.480 e. The molecular weight excluding hydrogens is 234 g/mol. The van der Waals surface area contributed by atoms with E-state index in [0.717, 1.165) is 5.56 Å². The van der Waals surface area contributed by atoms with Crippen molar-refractivity contribution in [3.8, 4) is 6.01 Å². The fourth-order valence-corrected chi connectivity index (χ4v) is 1.52. The van der Waals surface area contributed by atoms with Gasteiger partial charge in [0, 0.05) is 24.5 Å². The third-order valence-corrected chi connectivity index (χ3v) is 2.42. The normalized spacial score (nSPS) is 12.4. The monoisotopic (exact) mass is 253 g/mol. The van der Waals surface area contributed by atoms with Crippen LogP contribution in [0, 0.1) is 5.92 Å². The van der Waals surface area contributed by atoms with Crippen molar-refractivity contribution in [2.24, 2.45) is 5.92 Å². The molecule has 0 aliphatic heterocycles. The van der Waals surface area contributed by atoms with Crippen LogP contribution in [0.1, 0.15) is 25.8 Å². The van der Waals surface area contributed by atoms with Crippen LogP contribution in [0.3, 0.4) is 0 Å². The zero-order valence-electron chi connectivity index (χ0n) is 10.9. The van der Waals surface area contributed by atoms with Crippen LogP contribution in [-0.2, 0) is 11.3 Å². The minimum atomic E-state index is -0.835. The lowest BCUT2D eigenvalue weighted by Gasteiger charge is -2.16. The summed E-state index contributed by atoms with van der Waals surface area (Å²) in [5, 5.41) is 12.1. The number of aromatic nitrogens is 2. The summed E-state index contributed by atoms with van der Waals surface area (Å²) in [5.41, 5.74) is 0.825. The van der Waals surface area contributed by atoms with E-state index in [4.69, 9.17) is 9.84 Å². The molecule has 0 aliphatic rings. The second-order valence-electron chi connectivity index (χ2n) is 4.48. The molecule has 1 aromatic rings. The first kappa shape index (κ1) is 14.4. The number of nitrogens with zero attached hydrogens (tertiary/aromatic N) is 2. The number of carboxylic acids is 1. The maximum Gasteiger partial charge on any atom is 0.320 e. The molecule has 0 bridgehead atoms. The van der Waals surface area contributed by atoms with Gasteiger partial charge in [-0.05, 0) is 12.3 Å². The Morgan fingerprint density at radius 2 is 2.06 bits per heavy atom. The van der Waals surface area contributed by atoms with Crippen molar-refractivity contribution in [2.45, 2.75) is 32.9 Å². The number of hydrogen-bond donors (Lipinski definition) is 2. The summed E-state index contributed by atoms with van der Waals surface area (Å²) in [6.45, 7) is 4.41. The van der Waals surface area contributed by atoms with Crippen molar-refractivity contribution >= 4 is 5.97 Å². The number of rotatable bonds is 7. The standard InChI is InChI=1S/C12H19N3O3/c1-8(2)4-10(11(16)17)13-5-9-6-14-12(18-3)15-7-9/h6-8,10,13H,4-5H2,1-3H3,(H,16,17). The molecule has 0 saturated carbocycles. The second-order valence-corrected chi connectivity index (χ2v) is 4.48. The summed E-state index contributed by atoms with van der Waals surface area (Å²) < 4.78 is 4.85. The predicted molar refractivity (Wildman–Crippen MR) is 66.3 cm³/mol. The number of hydrogen-bond acceptors (Lipinski definition) is 5. The van der Waals surface area contributed by atoms with Crippen LogP contribution in [0.25, 0.3) is 0 Å². The Balaban J connectivity index is 2.52. The molecule has 1 aromatic heterocycles. The van der Waals surface area contributed by atoms with E-state index < -0.39 is 12.0 Å². The van der Waals surface area contributed by atoms with Crippen molar-refractivity contribution in [1.29, 1.82) is 0 Å². The van der Waals surface area contributed by atoms with Crippen molar-refractivity contribution in [2.75, 3.05) is 7.11 Å². The SMILES string of the molecule is COc1ncc(CNC(CC(C)C)C(=O)O)cn1. The van der Waals surface area contributed by atoms with Gasteiger partial charge in [-0.2, -0.15) is 0 Å². The predicted octanol–water partition coefficient (Wildman–Crippen LogP) is 1.07. The van der Waals surface area contributed by atoms with Gasteiger partial charge in [0.15, 0.2) is 0 Å². The smallest absolute Gasteiger partial charge is 0.320 e. The van der Waals surface area contributed by atoms with Crippen molar-refractivity contribution in [3.05, 3.63) is 18.0 Å². The fourth-order valence-electron chi connectivity index (χ4n) is 1.52. The third kappa shape index (κ3) is 4.67. The van der Waals surface area contributed by atoms with E-state index in [2.05, 4.69) is 15.3 Å². The maximum atomic E-state index is 11.0. The van der Waals surface area contributed by atoms with Crippen LogP contribution >= 0.6 is 0 Å². The van der Waals surface area contributed by atoms with Crippen LogP contribution in [0.5, 0.6) is 6.01 Å². The molecule has 1 rings (SSSR count). The van der Waals surface area contributed by atoms with Crippen molar-refractivity contribution in [1.82, 2.24) is 15.3 Å². The molecule has 6 nitrogen and oxygen atoms in total. The van der Waals surface area contributed by atoms with Crippen LogP contribution < -0.4 is 10.1 Å². The van der Waals surface area contributed by atoms with Gasteiger partial charge in [0.25, 0.3) is 0 Å². The Bertz CT molecular complexity index is 379. The van der Waals surface area contributed by atoms with E-state index in [1.54, 1.807) is 12.4 Å². The number of ether oxygens (including phenoxy) is 1. The van der Waals surface area contributed by atoms with E-state index in [1.807, 2.05) is 13.8 Å². The number of methoxy groups -OCH3 is 1. The van der Waals surface area contributed by atoms with Crippen LogP contribution in [0.15, 0.2) is 12.4 Å². The van der Waals surface area contributed by atoms with Gasteiger partial charge in [0.1, 0.15) is 6.04 Å². The molecule has 0 radical (unpaired) electrons. The van der Waals surface area contributed by atoms with Gasteiger partial charge >= 0.3 is 12.0 Å². The molecule has 6 heteroatoms. The average molecular weight is 253 g/mol. The average Bonchev–Trinajstić information content (AvgIpc) is 2.34. The second kappa shape index (κ2) is 6.90. The van der Waals surface area contributed by atoms with Crippen LogP contribution in [-0.4, -0.2) is 34.2 Å². The highest BCUT2D eigenvalue weighted by atomic mass is 16.5. The lowest BCUT2D eigenvalue weighted by atomic mass is 10.0. The summed E-state index contributed by atoms with van der Waals surface area (Å²) in [5.74, 6) is -0.510. The molecule has 0 aliphatic carbocycles. The highest BCUT2D eigenvalue weighted by Gasteiger charge is 2.17. The summed E-state index contributed by atoms with van der Waals surface area (Å²) in [7, 11) is 1.50. The fraction of sp³-hybridized carbons (Fsp3) is 0.583. The summed E-state index contributed by atoms with van der Waals surface area (Å²) in [6, 6.07) is -0.247. The van der Waals surface area contributed by atoms with Gasteiger partial charge in [-0.3, -0.25) is 4.79 Å². The van der Waals surface area contributed by atoms with Gasteiger partial charge in [0.05, 0.1) is 7.11 Å². The minimum absolute atomic E-state index is 0.302. The van der Waals surface area contributed by atoms with Gasteiger partial charge in [-0.15, -0.1) is 0 Å². The molecule has 18 heavy (non-hydrogen) atoms. The number of aliphatic carboxylic acids is 1. The molecule has 0 aromatic carbocycles. The molecule has 1 atom stereocenters. The lowest BCUT2D eigenvalue weighted by Crippen LogP contribution is -2.37. The van der Waals surface area contributed by atoms with Crippen LogP contribution in [0.2, 0.25) is 0 Å². The summed E-state index contributed by atoms with van der Waals surface area (Å²) >= 11 is 0. The molecule has 100 valence electrons. The Labute approximate surface area is 106 Å². The first-order valence-electron chi connectivity index (χ1n) is 5.84. The molecular formula is C12H19N3O3. The van der Waals surface area contributed by atoms with E-state index in [-0.39, 0.29) is 0 Å². The molecule has 1 heterocycles.